The molecule has 2 unspecified atom stereocenters. The molecule has 0 aliphatic carbocycles. The van der Waals surface area contributed by atoms with Crippen LogP contribution in [0.2, 0.25) is 0 Å². The molecule has 1 amide bonds. The standard InChI is InChI=1S/C20H23NO6/c1-12(14-5-7-17(23)19(11-14)27-3)8-15(20(24)21-25)9-13-4-6-16(22)18(10-13)26-2/h4-7,10-12,15,22-23H,8-9H2,1-3H3. The topological polar surface area (TPSA) is 105 Å². The minimum Gasteiger partial charge on any atom is -0.504 e. The largest absolute Gasteiger partial charge is 0.504 e. The number of carbonyl (C=O) groups is 1. The molecule has 0 bridgehead atoms. The van der Waals surface area contributed by atoms with Crippen molar-refractivity contribution in [2.24, 2.45) is 11.1 Å². The molecule has 2 atom stereocenters. The Kier molecular flexibility index (Phi) is 6.76. The molecule has 0 aliphatic rings. The number of methoxy groups -OCH3 is 2. The molecule has 7 nitrogen and oxygen atoms in total. The Morgan fingerprint density at radius 1 is 1.04 bits per heavy atom. The van der Waals surface area contributed by atoms with Gasteiger partial charge in [0, 0.05) is 11.1 Å². The van der Waals surface area contributed by atoms with Crippen molar-refractivity contribution in [3.05, 3.63) is 52.4 Å². The molecule has 0 radical (unpaired) electrons. The molecule has 2 aromatic rings. The maximum Gasteiger partial charge on any atom is 0.289 e. The summed E-state index contributed by atoms with van der Waals surface area (Å²) in [5.41, 5.74) is 1.62. The Hall–Kier alpha value is -3.09. The fourth-order valence-electron chi connectivity index (χ4n) is 3.04. The molecular weight excluding hydrogens is 350 g/mol. The average Bonchev–Trinajstić information content (AvgIpc) is 2.68. The Morgan fingerprint density at radius 3 is 2.22 bits per heavy atom. The SMILES string of the molecule is COc1cc(CC(CC(C)c2ccc(O)c(OC)c2)C(=O)N=O)ccc1O. The van der Waals surface area contributed by atoms with Gasteiger partial charge in [-0.15, -0.1) is 4.91 Å². The number of nitroso groups, excluding NO2 is 1. The molecule has 0 aliphatic heterocycles. The lowest BCUT2D eigenvalue weighted by Gasteiger charge is -2.19. The highest BCUT2D eigenvalue weighted by atomic mass is 16.5. The van der Waals surface area contributed by atoms with Gasteiger partial charge in [-0.3, -0.25) is 4.79 Å². The number of hydrogen-bond acceptors (Lipinski definition) is 6. The molecule has 2 aromatic carbocycles. The molecule has 7 heteroatoms. The minimum absolute atomic E-state index is 0.00203. The van der Waals surface area contributed by atoms with Gasteiger partial charge < -0.3 is 19.7 Å². The molecule has 0 heterocycles. The molecule has 0 saturated heterocycles. The maximum atomic E-state index is 12.1. The summed E-state index contributed by atoms with van der Waals surface area (Å²) in [5.74, 6) is -0.734. The van der Waals surface area contributed by atoms with Crippen molar-refractivity contribution in [1.29, 1.82) is 0 Å². The molecular formula is C20H23NO6. The van der Waals surface area contributed by atoms with Crippen molar-refractivity contribution in [1.82, 2.24) is 0 Å². The highest BCUT2D eigenvalue weighted by molar-refractivity contribution is 5.79. The summed E-state index contributed by atoms with van der Waals surface area (Å²) in [6.07, 6.45) is 0.683. The number of phenols is 2. The number of ether oxygens (including phenoxy) is 2. The van der Waals surface area contributed by atoms with E-state index in [2.05, 4.69) is 5.18 Å². The zero-order valence-corrected chi connectivity index (χ0v) is 15.5. The van der Waals surface area contributed by atoms with E-state index in [1.807, 2.05) is 6.92 Å². The first kappa shape index (κ1) is 20.2. The molecule has 0 saturated carbocycles. The van der Waals surface area contributed by atoms with Crippen LogP contribution in [0.5, 0.6) is 23.0 Å². The van der Waals surface area contributed by atoms with Crippen LogP contribution in [-0.2, 0) is 11.2 Å². The first-order valence-corrected chi connectivity index (χ1v) is 8.49. The van der Waals surface area contributed by atoms with Gasteiger partial charge in [-0.25, -0.2) is 0 Å². The zero-order chi connectivity index (χ0) is 20.0. The second-order valence-corrected chi connectivity index (χ2v) is 6.40. The fourth-order valence-corrected chi connectivity index (χ4v) is 3.04. The van der Waals surface area contributed by atoms with Crippen molar-refractivity contribution in [3.63, 3.8) is 0 Å². The molecule has 0 fully saturated rings. The zero-order valence-electron chi connectivity index (χ0n) is 15.5. The van der Waals surface area contributed by atoms with Gasteiger partial charge in [-0.1, -0.05) is 19.1 Å². The smallest absolute Gasteiger partial charge is 0.289 e. The van der Waals surface area contributed by atoms with E-state index >= 15 is 0 Å². The first-order valence-electron chi connectivity index (χ1n) is 8.49. The third kappa shape index (κ3) is 4.97. The summed E-state index contributed by atoms with van der Waals surface area (Å²) < 4.78 is 10.2. The third-order valence-corrected chi connectivity index (χ3v) is 4.58. The Labute approximate surface area is 157 Å². The Morgan fingerprint density at radius 2 is 1.63 bits per heavy atom. The number of amides is 1. The predicted molar refractivity (Wildman–Crippen MR) is 100 cm³/mol. The second-order valence-electron chi connectivity index (χ2n) is 6.40. The number of benzene rings is 2. The van der Waals surface area contributed by atoms with Crippen molar-refractivity contribution in [2.45, 2.75) is 25.7 Å². The lowest BCUT2D eigenvalue weighted by atomic mass is 9.86. The first-order chi connectivity index (χ1) is 12.9. The molecule has 2 N–H and O–H groups in total. The number of nitrogens with zero attached hydrogens (tertiary/aromatic N) is 1. The van der Waals surface area contributed by atoms with Gasteiger partial charge in [0.2, 0.25) is 0 Å². The summed E-state index contributed by atoms with van der Waals surface area (Å²) in [4.78, 5) is 22.9. The Bertz CT molecular complexity index is 820. The lowest BCUT2D eigenvalue weighted by molar-refractivity contribution is -0.122. The number of rotatable bonds is 8. The highest BCUT2D eigenvalue weighted by Crippen LogP contribution is 2.34. The molecule has 0 spiro atoms. The van der Waals surface area contributed by atoms with Gasteiger partial charge in [-0.2, -0.15) is 0 Å². The van der Waals surface area contributed by atoms with Crippen molar-refractivity contribution < 1.29 is 24.5 Å². The van der Waals surface area contributed by atoms with Gasteiger partial charge in [0.15, 0.2) is 23.0 Å². The summed E-state index contributed by atoms with van der Waals surface area (Å²) >= 11 is 0. The number of phenolic OH excluding ortho intramolecular Hbond substituents is 2. The number of hydrogen-bond donors (Lipinski definition) is 2. The average molecular weight is 373 g/mol. The summed E-state index contributed by atoms with van der Waals surface area (Å²) in [5, 5.41) is 22.0. The van der Waals surface area contributed by atoms with E-state index in [0.29, 0.717) is 24.3 Å². The summed E-state index contributed by atoms with van der Waals surface area (Å²) in [6.45, 7) is 1.92. The normalized spacial score (nSPS) is 12.9. The lowest BCUT2D eigenvalue weighted by Crippen LogP contribution is -2.17. The van der Waals surface area contributed by atoms with Gasteiger partial charge in [0.25, 0.3) is 5.91 Å². The Balaban J connectivity index is 2.21. The molecule has 2 rings (SSSR count). The number of carbonyl (C=O) groups excluding carboxylic acids is 1. The van der Waals surface area contributed by atoms with E-state index in [4.69, 9.17) is 9.47 Å². The van der Waals surface area contributed by atoms with Crippen LogP contribution in [0.15, 0.2) is 41.6 Å². The monoisotopic (exact) mass is 373 g/mol. The van der Waals surface area contributed by atoms with E-state index in [1.165, 1.54) is 26.4 Å². The quantitative estimate of drug-likeness (QED) is 0.683. The molecule has 27 heavy (non-hydrogen) atoms. The van der Waals surface area contributed by atoms with Gasteiger partial charge >= 0.3 is 0 Å². The summed E-state index contributed by atoms with van der Waals surface area (Å²) in [7, 11) is 2.90. The predicted octanol–water partition coefficient (Wildman–Crippen LogP) is 3.76. The minimum atomic E-state index is -0.723. The highest BCUT2D eigenvalue weighted by Gasteiger charge is 2.24. The van der Waals surface area contributed by atoms with Crippen LogP contribution >= 0.6 is 0 Å². The fraction of sp³-hybridized carbons (Fsp3) is 0.350. The maximum absolute atomic E-state index is 12.1. The van der Waals surface area contributed by atoms with E-state index < -0.39 is 11.8 Å². The van der Waals surface area contributed by atoms with E-state index in [-0.39, 0.29) is 17.4 Å². The number of aromatic hydroxyl groups is 2. The van der Waals surface area contributed by atoms with Crippen molar-refractivity contribution in [3.8, 4) is 23.0 Å². The van der Waals surface area contributed by atoms with Gasteiger partial charge in [0.05, 0.1) is 14.2 Å². The van der Waals surface area contributed by atoms with Crippen LogP contribution in [0.1, 0.15) is 30.4 Å². The van der Waals surface area contributed by atoms with Crippen LogP contribution < -0.4 is 9.47 Å². The summed E-state index contributed by atoms with van der Waals surface area (Å²) in [6, 6.07) is 9.79. The van der Waals surface area contributed by atoms with Gasteiger partial charge in [0.1, 0.15) is 0 Å². The van der Waals surface area contributed by atoms with Crippen LogP contribution in [-0.4, -0.2) is 30.3 Å². The van der Waals surface area contributed by atoms with Crippen LogP contribution in [0, 0.1) is 10.8 Å². The molecule has 0 aromatic heterocycles. The van der Waals surface area contributed by atoms with E-state index in [9.17, 15) is 19.9 Å². The third-order valence-electron chi connectivity index (χ3n) is 4.58. The van der Waals surface area contributed by atoms with Crippen molar-refractivity contribution in [2.75, 3.05) is 14.2 Å². The second kappa shape index (κ2) is 9.02. The van der Waals surface area contributed by atoms with Crippen LogP contribution in [0.25, 0.3) is 0 Å². The van der Waals surface area contributed by atoms with Gasteiger partial charge in [-0.05, 0) is 54.2 Å². The molecule has 144 valence electrons. The van der Waals surface area contributed by atoms with Crippen molar-refractivity contribution >= 4 is 5.91 Å². The van der Waals surface area contributed by atoms with Crippen LogP contribution in [0.4, 0.5) is 0 Å². The van der Waals surface area contributed by atoms with E-state index in [1.54, 1.807) is 24.3 Å². The van der Waals surface area contributed by atoms with E-state index in [0.717, 1.165) is 11.1 Å². The van der Waals surface area contributed by atoms with Crippen LogP contribution in [0.3, 0.4) is 0 Å².